The molecule has 0 saturated carbocycles. The van der Waals surface area contributed by atoms with Crippen LogP contribution in [0.15, 0.2) is 60.9 Å². The molecule has 0 aliphatic carbocycles. The fraction of sp³-hybridized carbons (Fsp3) is 0.167. The van der Waals surface area contributed by atoms with Crippen molar-refractivity contribution in [3.05, 3.63) is 72.1 Å². The van der Waals surface area contributed by atoms with Crippen LogP contribution in [0.3, 0.4) is 0 Å². The molecule has 0 bridgehead atoms. The SMILES string of the molecule is CCc1ccc(CNc2cccc3cnccc23)cc1. The molecule has 1 N–H and O–H groups in total. The monoisotopic (exact) mass is 262 g/mol. The zero-order chi connectivity index (χ0) is 13.8. The van der Waals surface area contributed by atoms with E-state index in [1.54, 1.807) is 0 Å². The lowest BCUT2D eigenvalue weighted by Crippen LogP contribution is -2.00. The van der Waals surface area contributed by atoms with Crippen LogP contribution in [0, 0.1) is 0 Å². The van der Waals surface area contributed by atoms with Gasteiger partial charge in [-0.3, -0.25) is 4.98 Å². The van der Waals surface area contributed by atoms with Crippen LogP contribution in [-0.4, -0.2) is 4.98 Å². The van der Waals surface area contributed by atoms with E-state index in [-0.39, 0.29) is 0 Å². The minimum Gasteiger partial charge on any atom is -0.380 e. The van der Waals surface area contributed by atoms with Crippen LogP contribution >= 0.6 is 0 Å². The average Bonchev–Trinajstić information content (AvgIpc) is 2.53. The summed E-state index contributed by atoms with van der Waals surface area (Å²) >= 11 is 0. The van der Waals surface area contributed by atoms with E-state index < -0.39 is 0 Å². The van der Waals surface area contributed by atoms with Crippen molar-refractivity contribution in [3.8, 4) is 0 Å². The minimum atomic E-state index is 0.839. The fourth-order valence-electron chi connectivity index (χ4n) is 2.37. The predicted molar refractivity (Wildman–Crippen MR) is 84.9 cm³/mol. The number of pyridine rings is 1. The number of nitrogens with one attached hydrogen (secondary N) is 1. The third-order valence-corrected chi connectivity index (χ3v) is 3.59. The Labute approximate surface area is 119 Å². The first-order valence-electron chi connectivity index (χ1n) is 7.01. The molecule has 0 atom stereocenters. The van der Waals surface area contributed by atoms with Gasteiger partial charge in [0, 0.05) is 35.4 Å². The van der Waals surface area contributed by atoms with Crippen LogP contribution in [0.5, 0.6) is 0 Å². The first-order chi connectivity index (χ1) is 9.86. The normalized spacial score (nSPS) is 10.7. The summed E-state index contributed by atoms with van der Waals surface area (Å²) in [5, 5.41) is 5.89. The molecule has 3 rings (SSSR count). The molecule has 0 fully saturated rings. The molecule has 2 nitrogen and oxygen atoms in total. The van der Waals surface area contributed by atoms with Gasteiger partial charge in [0.15, 0.2) is 0 Å². The van der Waals surface area contributed by atoms with Gasteiger partial charge in [-0.05, 0) is 29.7 Å². The van der Waals surface area contributed by atoms with Crippen molar-refractivity contribution in [3.63, 3.8) is 0 Å². The van der Waals surface area contributed by atoms with E-state index in [4.69, 9.17) is 0 Å². The molecule has 1 aromatic heterocycles. The minimum absolute atomic E-state index is 0.839. The van der Waals surface area contributed by atoms with Crippen molar-refractivity contribution in [2.75, 3.05) is 5.32 Å². The topological polar surface area (TPSA) is 24.9 Å². The molecule has 0 radical (unpaired) electrons. The maximum absolute atomic E-state index is 4.16. The van der Waals surface area contributed by atoms with Crippen LogP contribution < -0.4 is 5.32 Å². The summed E-state index contributed by atoms with van der Waals surface area (Å²) in [6, 6.07) is 17.1. The molecule has 0 aliphatic rings. The molecule has 3 aromatic rings. The highest BCUT2D eigenvalue weighted by atomic mass is 14.9. The Kier molecular flexibility index (Phi) is 3.64. The van der Waals surface area contributed by atoms with Crippen molar-refractivity contribution in [2.24, 2.45) is 0 Å². The van der Waals surface area contributed by atoms with E-state index in [1.807, 2.05) is 12.4 Å². The molecular formula is C18H18N2. The molecule has 100 valence electrons. The smallest absolute Gasteiger partial charge is 0.0423 e. The number of hydrogen-bond acceptors (Lipinski definition) is 2. The van der Waals surface area contributed by atoms with Crippen molar-refractivity contribution in [1.82, 2.24) is 4.98 Å². The average molecular weight is 262 g/mol. The second kappa shape index (κ2) is 5.74. The lowest BCUT2D eigenvalue weighted by atomic mass is 10.1. The Hall–Kier alpha value is -2.35. The highest BCUT2D eigenvalue weighted by molar-refractivity contribution is 5.93. The predicted octanol–water partition coefficient (Wildman–Crippen LogP) is 4.41. The summed E-state index contributed by atoms with van der Waals surface area (Å²) in [5.74, 6) is 0. The summed E-state index contributed by atoms with van der Waals surface area (Å²) < 4.78 is 0. The lowest BCUT2D eigenvalue weighted by molar-refractivity contribution is 1.11. The molecule has 0 amide bonds. The largest absolute Gasteiger partial charge is 0.380 e. The maximum atomic E-state index is 4.16. The number of benzene rings is 2. The Morgan fingerprint density at radius 1 is 0.950 bits per heavy atom. The van der Waals surface area contributed by atoms with Gasteiger partial charge >= 0.3 is 0 Å². The Balaban J connectivity index is 1.79. The Morgan fingerprint density at radius 2 is 1.75 bits per heavy atom. The van der Waals surface area contributed by atoms with Gasteiger partial charge in [0.05, 0.1) is 0 Å². The van der Waals surface area contributed by atoms with E-state index in [2.05, 4.69) is 65.8 Å². The lowest BCUT2D eigenvalue weighted by Gasteiger charge is -2.10. The van der Waals surface area contributed by atoms with E-state index >= 15 is 0 Å². The van der Waals surface area contributed by atoms with Gasteiger partial charge in [0.2, 0.25) is 0 Å². The van der Waals surface area contributed by atoms with Gasteiger partial charge in [-0.15, -0.1) is 0 Å². The Morgan fingerprint density at radius 3 is 2.55 bits per heavy atom. The molecule has 2 heteroatoms. The van der Waals surface area contributed by atoms with Crippen molar-refractivity contribution in [1.29, 1.82) is 0 Å². The maximum Gasteiger partial charge on any atom is 0.0423 e. The third-order valence-electron chi connectivity index (χ3n) is 3.59. The highest BCUT2D eigenvalue weighted by Gasteiger charge is 2.00. The summed E-state index contributed by atoms with van der Waals surface area (Å²) in [6.45, 7) is 3.02. The molecule has 0 unspecified atom stereocenters. The fourth-order valence-corrected chi connectivity index (χ4v) is 2.37. The van der Waals surface area contributed by atoms with E-state index in [1.165, 1.54) is 21.9 Å². The van der Waals surface area contributed by atoms with E-state index in [0.717, 1.165) is 18.7 Å². The van der Waals surface area contributed by atoms with Crippen LogP contribution in [-0.2, 0) is 13.0 Å². The first kappa shape index (κ1) is 12.7. The highest BCUT2D eigenvalue weighted by Crippen LogP contribution is 2.22. The number of nitrogens with zero attached hydrogens (tertiary/aromatic N) is 1. The molecule has 0 saturated heterocycles. The van der Waals surface area contributed by atoms with E-state index in [0.29, 0.717) is 0 Å². The number of rotatable bonds is 4. The van der Waals surface area contributed by atoms with Crippen LogP contribution in [0.4, 0.5) is 5.69 Å². The second-order valence-electron chi connectivity index (χ2n) is 4.93. The summed E-state index contributed by atoms with van der Waals surface area (Å²) in [4.78, 5) is 4.16. The number of aromatic nitrogens is 1. The van der Waals surface area contributed by atoms with Gasteiger partial charge in [0.25, 0.3) is 0 Å². The molecule has 2 aromatic carbocycles. The van der Waals surface area contributed by atoms with Crippen LogP contribution in [0.25, 0.3) is 10.8 Å². The van der Waals surface area contributed by atoms with Gasteiger partial charge in [-0.1, -0.05) is 43.3 Å². The number of aryl methyl sites for hydroxylation is 1. The molecule has 20 heavy (non-hydrogen) atoms. The zero-order valence-corrected chi connectivity index (χ0v) is 11.6. The Bertz CT molecular complexity index is 697. The molecular weight excluding hydrogens is 244 g/mol. The van der Waals surface area contributed by atoms with Gasteiger partial charge in [-0.2, -0.15) is 0 Å². The van der Waals surface area contributed by atoms with Gasteiger partial charge in [0.1, 0.15) is 0 Å². The quantitative estimate of drug-likeness (QED) is 0.753. The van der Waals surface area contributed by atoms with Gasteiger partial charge in [-0.25, -0.2) is 0 Å². The first-order valence-corrected chi connectivity index (χ1v) is 7.01. The van der Waals surface area contributed by atoms with Crippen LogP contribution in [0.2, 0.25) is 0 Å². The third kappa shape index (κ3) is 2.64. The van der Waals surface area contributed by atoms with Crippen LogP contribution in [0.1, 0.15) is 18.1 Å². The van der Waals surface area contributed by atoms with Gasteiger partial charge < -0.3 is 5.32 Å². The second-order valence-corrected chi connectivity index (χ2v) is 4.93. The number of anilines is 1. The summed E-state index contributed by atoms with van der Waals surface area (Å²) in [7, 11) is 0. The van der Waals surface area contributed by atoms with Crippen molar-refractivity contribution < 1.29 is 0 Å². The zero-order valence-electron chi connectivity index (χ0n) is 11.6. The number of hydrogen-bond donors (Lipinski definition) is 1. The summed E-state index contributed by atoms with van der Waals surface area (Å²) in [6.07, 6.45) is 4.82. The standard InChI is InChI=1S/C18H18N2/c1-2-14-6-8-15(9-7-14)12-20-18-5-3-4-16-13-19-11-10-17(16)18/h3-11,13,20H,2,12H2,1H3. The molecule has 0 aliphatic heterocycles. The summed E-state index contributed by atoms with van der Waals surface area (Å²) in [5.41, 5.74) is 3.84. The van der Waals surface area contributed by atoms with Crippen molar-refractivity contribution in [2.45, 2.75) is 19.9 Å². The number of fused-ring (bicyclic) bond motifs is 1. The molecule has 1 heterocycles. The molecule has 0 spiro atoms. The van der Waals surface area contributed by atoms with E-state index in [9.17, 15) is 0 Å². The van der Waals surface area contributed by atoms with Crippen molar-refractivity contribution >= 4 is 16.5 Å².